The summed E-state index contributed by atoms with van der Waals surface area (Å²) in [5.41, 5.74) is 0. The molecule has 3 nitrogen and oxygen atoms in total. The molecular formula is C7H12O3S. The van der Waals surface area contributed by atoms with Crippen LogP contribution in [0.5, 0.6) is 0 Å². The molecule has 4 heteroatoms. The Morgan fingerprint density at radius 3 is 2.64 bits per heavy atom. The van der Waals surface area contributed by atoms with E-state index in [-0.39, 0.29) is 5.25 Å². The van der Waals surface area contributed by atoms with Crippen LogP contribution < -0.4 is 0 Å². The van der Waals surface area contributed by atoms with Crippen molar-refractivity contribution >= 4 is 10.1 Å². The second kappa shape index (κ2) is 3.36. The standard InChI is InChI=1S/C7H12O3S/c1-10-11(8,9)7-5-3-2-4-6-7/h2-3,7H,4-6H2,1H3. The number of hydrogen-bond donors (Lipinski definition) is 0. The quantitative estimate of drug-likeness (QED) is 0.467. The van der Waals surface area contributed by atoms with Crippen LogP contribution in [0.4, 0.5) is 0 Å². The van der Waals surface area contributed by atoms with Gasteiger partial charge in [0.15, 0.2) is 0 Å². The SMILES string of the molecule is COS(=O)(=O)C1CC=CCC1. The van der Waals surface area contributed by atoms with Crippen LogP contribution in [0.3, 0.4) is 0 Å². The van der Waals surface area contributed by atoms with Gasteiger partial charge < -0.3 is 0 Å². The maximum atomic E-state index is 11.1. The molecule has 0 radical (unpaired) electrons. The van der Waals surface area contributed by atoms with Gasteiger partial charge in [0, 0.05) is 0 Å². The van der Waals surface area contributed by atoms with Crippen LogP contribution in [0, 0.1) is 0 Å². The number of rotatable bonds is 2. The van der Waals surface area contributed by atoms with Crippen LogP contribution >= 0.6 is 0 Å². The fourth-order valence-corrected chi connectivity index (χ4v) is 2.21. The van der Waals surface area contributed by atoms with Crippen LogP contribution in [0.2, 0.25) is 0 Å². The summed E-state index contributed by atoms with van der Waals surface area (Å²) in [7, 11) is -2.06. The van der Waals surface area contributed by atoms with Crippen molar-refractivity contribution in [3.05, 3.63) is 12.2 Å². The van der Waals surface area contributed by atoms with E-state index in [0.29, 0.717) is 12.8 Å². The second-order valence-corrected chi connectivity index (χ2v) is 4.55. The number of hydrogen-bond acceptors (Lipinski definition) is 3. The summed E-state index contributed by atoms with van der Waals surface area (Å²) >= 11 is 0. The first-order valence-corrected chi connectivity index (χ1v) is 5.08. The van der Waals surface area contributed by atoms with Crippen molar-refractivity contribution in [2.24, 2.45) is 0 Å². The highest BCUT2D eigenvalue weighted by molar-refractivity contribution is 7.87. The van der Waals surface area contributed by atoms with Crippen LogP contribution in [0.15, 0.2) is 12.2 Å². The Bertz CT molecular complexity index is 240. The van der Waals surface area contributed by atoms with Gasteiger partial charge in [0.2, 0.25) is 0 Å². The smallest absolute Gasteiger partial charge is 0.270 e. The van der Waals surface area contributed by atoms with E-state index in [1.54, 1.807) is 0 Å². The molecule has 0 aromatic carbocycles. The Kier molecular flexibility index (Phi) is 2.67. The van der Waals surface area contributed by atoms with Gasteiger partial charge in [0.1, 0.15) is 0 Å². The first-order chi connectivity index (χ1) is 5.17. The Balaban J connectivity index is 2.68. The molecule has 0 fully saturated rings. The molecule has 0 bridgehead atoms. The maximum absolute atomic E-state index is 11.1. The molecule has 0 spiro atoms. The molecule has 0 aromatic rings. The lowest BCUT2D eigenvalue weighted by molar-refractivity contribution is 0.383. The minimum atomic E-state index is -3.27. The molecule has 0 heterocycles. The molecule has 0 amide bonds. The lowest BCUT2D eigenvalue weighted by atomic mass is 10.1. The highest BCUT2D eigenvalue weighted by Crippen LogP contribution is 2.19. The maximum Gasteiger partial charge on any atom is 0.270 e. The highest BCUT2D eigenvalue weighted by Gasteiger charge is 2.24. The lowest BCUT2D eigenvalue weighted by Crippen LogP contribution is -2.23. The molecule has 1 atom stereocenters. The summed E-state index contributed by atoms with van der Waals surface area (Å²) in [5, 5.41) is -0.322. The average Bonchev–Trinajstić information content (AvgIpc) is 2.06. The van der Waals surface area contributed by atoms with E-state index in [0.717, 1.165) is 6.42 Å². The normalized spacial score (nSPS) is 25.4. The van der Waals surface area contributed by atoms with Crippen molar-refractivity contribution in [2.45, 2.75) is 24.5 Å². The first kappa shape index (κ1) is 8.74. The van der Waals surface area contributed by atoms with Crippen molar-refractivity contribution in [3.63, 3.8) is 0 Å². The lowest BCUT2D eigenvalue weighted by Gasteiger charge is -2.15. The van der Waals surface area contributed by atoms with Crippen LogP contribution in [-0.2, 0) is 14.3 Å². The van der Waals surface area contributed by atoms with Gasteiger partial charge in [-0.2, -0.15) is 8.42 Å². The molecule has 1 aliphatic rings. The van der Waals surface area contributed by atoms with Crippen molar-refractivity contribution < 1.29 is 12.6 Å². The summed E-state index contributed by atoms with van der Waals surface area (Å²) < 4.78 is 26.6. The Morgan fingerprint density at radius 1 is 1.45 bits per heavy atom. The fraction of sp³-hybridized carbons (Fsp3) is 0.714. The third-order valence-electron chi connectivity index (χ3n) is 1.86. The van der Waals surface area contributed by atoms with Gasteiger partial charge in [-0.15, -0.1) is 0 Å². The highest BCUT2D eigenvalue weighted by atomic mass is 32.2. The van der Waals surface area contributed by atoms with Gasteiger partial charge in [-0.1, -0.05) is 12.2 Å². The minimum absolute atomic E-state index is 0.322. The Morgan fingerprint density at radius 2 is 2.18 bits per heavy atom. The van der Waals surface area contributed by atoms with E-state index >= 15 is 0 Å². The molecule has 0 saturated carbocycles. The van der Waals surface area contributed by atoms with E-state index in [1.807, 2.05) is 12.2 Å². The van der Waals surface area contributed by atoms with Gasteiger partial charge in [-0.05, 0) is 19.3 Å². The zero-order valence-electron chi connectivity index (χ0n) is 6.49. The van der Waals surface area contributed by atoms with Gasteiger partial charge in [-0.25, -0.2) is 0 Å². The van der Waals surface area contributed by atoms with E-state index in [1.165, 1.54) is 7.11 Å². The summed E-state index contributed by atoms with van der Waals surface area (Å²) in [6.07, 6.45) is 6.02. The molecular weight excluding hydrogens is 164 g/mol. The number of allylic oxidation sites excluding steroid dienone is 2. The molecule has 0 saturated heterocycles. The third kappa shape index (κ3) is 2.04. The topological polar surface area (TPSA) is 43.4 Å². The monoisotopic (exact) mass is 176 g/mol. The van der Waals surface area contributed by atoms with Crippen molar-refractivity contribution in [2.75, 3.05) is 7.11 Å². The minimum Gasteiger partial charge on any atom is -0.273 e. The van der Waals surface area contributed by atoms with E-state index in [9.17, 15) is 8.42 Å². The zero-order chi connectivity index (χ0) is 8.32. The van der Waals surface area contributed by atoms with E-state index in [2.05, 4.69) is 4.18 Å². The third-order valence-corrected chi connectivity index (χ3v) is 3.57. The molecule has 1 aliphatic carbocycles. The molecule has 0 N–H and O–H groups in total. The van der Waals surface area contributed by atoms with Crippen molar-refractivity contribution in [3.8, 4) is 0 Å². The van der Waals surface area contributed by atoms with Crippen LogP contribution in [-0.4, -0.2) is 20.8 Å². The summed E-state index contributed by atoms with van der Waals surface area (Å²) in [6, 6.07) is 0. The molecule has 11 heavy (non-hydrogen) atoms. The Labute approximate surface area is 67.2 Å². The van der Waals surface area contributed by atoms with Crippen molar-refractivity contribution in [1.29, 1.82) is 0 Å². The molecule has 64 valence electrons. The fourth-order valence-electron chi connectivity index (χ4n) is 1.16. The second-order valence-electron chi connectivity index (χ2n) is 2.57. The van der Waals surface area contributed by atoms with Gasteiger partial charge in [0.25, 0.3) is 10.1 Å². The largest absolute Gasteiger partial charge is 0.273 e. The summed E-state index contributed by atoms with van der Waals surface area (Å²) in [5.74, 6) is 0. The summed E-state index contributed by atoms with van der Waals surface area (Å²) in [4.78, 5) is 0. The van der Waals surface area contributed by atoms with E-state index in [4.69, 9.17) is 0 Å². The van der Waals surface area contributed by atoms with Gasteiger partial charge >= 0.3 is 0 Å². The van der Waals surface area contributed by atoms with Crippen LogP contribution in [0.1, 0.15) is 19.3 Å². The first-order valence-electron chi connectivity index (χ1n) is 3.61. The van der Waals surface area contributed by atoms with Gasteiger partial charge in [-0.3, -0.25) is 4.18 Å². The molecule has 1 unspecified atom stereocenters. The molecule has 0 aromatic heterocycles. The van der Waals surface area contributed by atoms with Gasteiger partial charge in [0.05, 0.1) is 12.4 Å². The zero-order valence-corrected chi connectivity index (χ0v) is 7.30. The van der Waals surface area contributed by atoms with Crippen molar-refractivity contribution in [1.82, 2.24) is 0 Å². The molecule has 1 rings (SSSR count). The predicted octanol–water partition coefficient (Wildman–Crippen LogP) is 1.07. The molecule has 0 aliphatic heterocycles. The Hall–Kier alpha value is -0.350. The predicted molar refractivity (Wildman–Crippen MR) is 42.7 cm³/mol. The average molecular weight is 176 g/mol. The summed E-state index contributed by atoms with van der Waals surface area (Å²) in [6.45, 7) is 0. The van der Waals surface area contributed by atoms with Crippen LogP contribution in [0.25, 0.3) is 0 Å². The van der Waals surface area contributed by atoms with E-state index < -0.39 is 10.1 Å².